The summed E-state index contributed by atoms with van der Waals surface area (Å²) in [6, 6.07) is 8.72. The molecule has 0 spiro atoms. The smallest absolute Gasteiger partial charge is 0.119 e. The van der Waals surface area contributed by atoms with Gasteiger partial charge in [0, 0.05) is 16.7 Å². The molecule has 1 unspecified atom stereocenters. The highest BCUT2D eigenvalue weighted by molar-refractivity contribution is 7.99. The Labute approximate surface area is 109 Å². The summed E-state index contributed by atoms with van der Waals surface area (Å²) in [7, 11) is 3.73. The molecule has 0 saturated carbocycles. The van der Waals surface area contributed by atoms with Gasteiger partial charge < -0.3 is 10.1 Å². The van der Waals surface area contributed by atoms with E-state index >= 15 is 0 Å². The first-order chi connectivity index (χ1) is 7.97. The summed E-state index contributed by atoms with van der Waals surface area (Å²) in [5.74, 6) is 1.99. The highest BCUT2D eigenvalue weighted by atomic mass is 32.2. The quantitative estimate of drug-likeness (QED) is 0.812. The molecular formula is C14H23NOS. The maximum Gasteiger partial charge on any atom is 0.119 e. The summed E-state index contributed by atoms with van der Waals surface area (Å²) in [4.78, 5) is 1.26. The van der Waals surface area contributed by atoms with Gasteiger partial charge in [-0.15, -0.1) is 11.8 Å². The van der Waals surface area contributed by atoms with Crippen LogP contribution >= 0.6 is 11.8 Å². The Morgan fingerprint density at radius 2 is 2.06 bits per heavy atom. The third kappa shape index (κ3) is 4.60. The Bertz CT molecular complexity index is 346. The van der Waals surface area contributed by atoms with E-state index in [9.17, 15) is 0 Å². The van der Waals surface area contributed by atoms with E-state index in [1.807, 2.05) is 30.9 Å². The van der Waals surface area contributed by atoms with Gasteiger partial charge >= 0.3 is 0 Å². The molecule has 0 saturated heterocycles. The van der Waals surface area contributed by atoms with Crippen molar-refractivity contribution in [1.29, 1.82) is 0 Å². The van der Waals surface area contributed by atoms with Gasteiger partial charge in [0.1, 0.15) is 5.75 Å². The van der Waals surface area contributed by atoms with Crippen molar-refractivity contribution < 1.29 is 4.74 Å². The number of hydrogen-bond donors (Lipinski definition) is 1. The topological polar surface area (TPSA) is 21.3 Å². The fraction of sp³-hybridized carbons (Fsp3) is 0.571. The van der Waals surface area contributed by atoms with Crippen LogP contribution in [0.3, 0.4) is 0 Å². The third-order valence-electron chi connectivity index (χ3n) is 2.85. The minimum atomic E-state index is 0.278. The lowest BCUT2D eigenvalue weighted by atomic mass is 9.88. The van der Waals surface area contributed by atoms with Crippen molar-refractivity contribution in [1.82, 2.24) is 5.32 Å². The standard InChI is InChI=1S/C14H23NOS/c1-14(2,3)13(15-4)10-17-12-8-6-7-11(9-12)16-5/h6-9,13,15H,10H2,1-5H3. The molecule has 1 rings (SSSR count). The van der Waals surface area contributed by atoms with E-state index in [0.29, 0.717) is 6.04 Å². The van der Waals surface area contributed by atoms with Crippen molar-refractivity contribution in [3.05, 3.63) is 24.3 Å². The number of ether oxygens (including phenoxy) is 1. The van der Waals surface area contributed by atoms with Crippen LogP contribution in [0.1, 0.15) is 20.8 Å². The van der Waals surface area contributed by atoms with Gasteiger partial charge in [-0.3, -0.25) is 0 Å². The molecule has 0 aliphatic rings. The molecule has 0 aliphatic carbocycles. The summed E-state index contributed by atoms with van der Waals surface area (Å²) < 4.78 is 5.23. The minimum absolute atomic E-state index is 0.278. The average molecular weight is 253 g/mol. The van der Waals surface area contributed by atoms with E-state index in [2.05, 4.69) is 38.2 Å². The van der Waals surface area contributed by atoms with Crippen molar-refractivity contribution in [3.63, 3.8) is 0 Å². The number of rotatable bonds is 5. The van der Waals surface area contributed by atoms with Gasteiger partial charge in [-0.25, -0.2) is 0 Å². The molecule has 1 N–H and O–H groups in total. The van der Waals surface area contributed by atoms with Crippen molar-refractivity contribution >= 4 is 11.8 Å². The predicted octanol–water partition coefficient (Wildman–Crippen LogP) is 3.42. The molecule has 3 heteroatoms. The first-order valence-electron chi connectivity index (χ1n) is 5.91. The highest BCUT2D eigenvalue weighted by Crippen LogP contribution is 2.28. The maximum absolute atomic E-state index is 5.23. The summed E-state index contributed by atoms with van der Waals surface area (Å²) in [6.07, 6.45) is 0. The van der Waals surface area contributed by atoms with E-state index in [1.54, 1.807) is 7.11 Å². The van der Waals surface area contributed by atoms with E-state index in [-0.39, 0.29) is 5.41 Å². The molecule has 0 heterocycles. The zero-order chi connectivity index (χ0) is 12.9. The average Bonchev–Trinajstić information content (AvgIpc) is 2.28. The van der Waals surface area contributed by atoms with E-state index in [4.69, 9.17) is 4.74 Å². The summed E-state index contributed by atoms with van der Waals surface area (Å²) in [5, 5.41) is 3.39. The fourth-order valence-corrected chi connectivity index (χ4v) is 3.04. The number of hydrogen-bond acceptors (Lipinski definition) is 3. The number of methoxy groups -OCH3 is 1. The van der Waals surface area contributed by atoms with Gasteiger partial charge in [0.15, 0.2) is 0 Å². The van der Waals surface area contributed by atoms with E-state index in [0.717, 1.165) is 11.5 Å². The van der Waals surface area contributed by atoms with Crippen LogP contribution in [0.2, 0.25) is 0 Å². The Hall–Kier alpha value is -0.670. The summed E-state index contributed by atoms with van der Waals surface area (Å²) >= 11 is 1.87. The minimum Gasteiger partial charge on any atom is -0.497 e. The maximum atomic E-state index is 5.23. The molecule has 1 atom stereocenters. The van der Waals surface area contributed by atoms with Gasteiger partial charge in [0.05, 0.1) is 7.11 Å². The second-order valence-corrected chi connectivity index (χ2v) is 6.29. The van der Waals surface area contributed by atoms with Crippen LogP contribution in [0, 0.1) is 5.41 Å². The molecule has 0 fully saturated rings. The normalized spacial score (nSPS) is 13.5. The number of thioether (sulfide) groups is 1. The lowest BCUT2D eigenvalue weighted by Gasteiger charge is -2.30. The van der Waals surface area contributed by atoms with Gasteiger partial charge in [0.2, 0.25) is 0 Å². The van der Waals surface area contributed by atoms with Crippen molar-refractivity contribution in [2.45, 2.75) is 31.7 Å². The van der Waals surface area contributed by atoms with Crippen LogP contribution in [-0.4, -0.2) is 26.0 Å². The van der Waals surface area contributed by atoms with E-state index < -0.39 is 0 Å². The van der Waals surface area contributed by atoms with Crippen LogP contribution in [0.15, 0.2) is 29.2 Å². The van der Waals surface area contributed by atoms with Crippen LogP contribution in [0.25, 0.3) is 0 Å². The molecule has 0 bridgehead atoms. The summed E-state index contributed by atoms with van der Waals surface area (Å²) in [6.45, 7) is 6.79. The van der Waals surface area contributed by atoms with Gasteiger partial charge in [-0.1, -0.05) is 26.8 Å². The van der Waals surface area contributed by atoms with Crippen LogP contribution in [0.4, 0.5) is 0 Å². The molecule has 1 aromatic carbocycles. The van der Waals surface area contributed by atoms with Crippen LogP contribution in [-0.2, 0) is 0 Å². The van der Waals surface area contributed by atoms with Gasteiger partial charge in [0.25, 0.3) is 0 Å². The van der Waals surface area contributed by atoms with Crippen molar-refractivity contribution in [3.8, 4) is 5.75 Å². The molecule has 0 aromatic heterocycles. The SMILES string of the molecule is CNC(CSc1cccc(OC)c1)C(C)(C)C. The Kier molecular flexibility index (Phi) is 5.34. The zero-order valence-corrected chi connectivity index (χ0v) is 12.2. The second kappa shape index (κ2) is 6.31. The van der Waals surface area contributed by atoms with E-state index in [1.165, 1.54) is 4.90 Å². The third-order valence-corrected chi connectivity index (χ3v) is 3.94. The lowest BCUT2D eigenvalue weighted by molar-refractivity contribution is 0.305. The first-order valence-corrected chi connectivity index (χ1v) is 6.90. The molecule has 17 heavy (non-hydrogen) atoms. The molecular weight excluding hydrogens is 230 g/mol. The monoisotopic (exact) mass is 253 g/mol. The lowest BCUT2D eigenvalue weighted by Crippen LogP contribution is -2.40. The Morgan fingerprint density at radius 3 is 2.59 bits per heavy atom. The fourth-order valence-electron chi connectivity index (χ4n) is 1.64. The Balaban J connectivity index is 2.59. The molecule has 0 aliphatic heterocycles. The highest BCUT2D eigenvalue weighted by Gasteiger charge is 2.22. The zero-order valence-electron chi connectivity index (χ0n) is 11.4. The van der Waals surface area contributed by atoms with Crippen molar-refractivity contribution in [2.75, 3.05) is 19.9 Å². The number of nitrogens with one attached hydrogen (secondary N) is 1. The second-order valence-electron chi connectivity index (χ2n) is 5.20. The van der Waals surface area contributed by atoms with Crippen molar-refractivity contribution in [2.24, 2.45) is 5.41 Å². The number of benzene rings is 1. The van der Waals surface area contributed by atoms with Crippen LogP contribution < -0.4 is 10.1 Å². The molecule has 0 radical (unpaired) electrons. The van der Waals surface area contributed by atoms with Gasteiger partial charge in [-0.2, -0.15) is 0 Å². The molecule has 0 amide bonds. The first kappa shape index (κ1) is 14.4. The van der Waals surface area contributed by atoms with Gasteiger partial charge in [-0.05, 0) is 30.7 Å². The molecule has 1 aromatic rings. The summed E-state index contributed by atoms with van der Waals surface area (Å²) in [5.41, 5.74) is 0.278. The predicted molar refractivity (Wildman–Crippen MR) is 76.0 cm³/mol. The van der Waals surface area contributed by atoms with Crippen LogP contribution in [0.5, 0.6) is 5.75 Å². The largest absolute Gasteiger partial charge is 0.497 e. The molecule has 2 nitrogen and oxygen atoms in total. The Morgan fingerprint density at radius 1 is 1.35 bits per heavy atom. The molecule has 96 valence electrons.